The average molecular weight is 495 g/mol. The van der Waals surface area contributed by atoms with E-state index >= 15 is 0 Å². The maximum atomic E-state index is 4.95. The van der Waals surface area contributed by atoms with Gasteiger partial charge < -0.3 is 19.9 Å². The molecule has 0 saturated carbocycles. The summed E-state index contributed by atoms with van der Waals surface area (Å²) in [6, 6.07) is 3.44. The van der Waals surface area contributed by atoms with Crippen LogP contribution in [0.4, 0.5) is 5.69 Å². The van der Waals surface area contributed by atoms with Crippen molar-refractivity contribution in [2.45, 2.75) is 70.3 Å². The highest BCUT2D eigenvalue weighted by Gasteiger charge is 2.37. The van der Waals surface area contributed by atoms with Crippen molar-refractivity contribution in [1.29, 1.82) is 0 Å². The zero-order valence-electron chi connectivity index (χ0n) is 22.2. The number of nitrogens with zero attached hydrogens (tertiary/aromatic N) is 4. The van der Waals surface area contributed by atoms with E-state index in [1.165, 1.54) is 49.2 Å². The third-order valence-electron chi connectivity index (χ3n) is 7.20. The lowest BCUT2D eigenvalue weighted by Gasteiger charge is -2.47. The molecular formula is C27H42N6OSi. The highest BCUT2D eigenvalue weighted by atomic mass is 28.3. The number of H-pyrrole nitrogens is 1. The minimum Gasteiger partial charge on any atom is -0.385 e. The monoisotopic (exact) mass is 494 g/mol. The lowest BCUT2D eigenvalue weighted by Crippen LogP contribution is -2.59. The van der Waals surface area contributed by atoms with Crippen molar-refractivity contribution < 1.29 is 4.74 Å². The Morgan fingerprint density at radius 3 is 2.51 bits per heavy atom. The highest BCUT2D eigenvalue weighted by molar-refractivity contribution is 6.76. The van der Waals surface area contributed by atoms with E-state index in [1.54, 1.807) is 7.11 Å². The molecule has 0 bridgehead atoms. The van der Waals surface area contributed by atoms with Crippen molar-refractivity contribution in [2.24, 2.45) is 0 Å². The second-order valence-corrected chi connectivity index (χ2v) is 16.9. The lowest BCUT2D eigenvalue weighted by molar-refractivity contribution is 0.214. The van der Waals surface area contributed by atoms with Crippen LogP contribution in [0.3, 0.4) is 0 Å². The zero-order chi connectivity index (χ0) is 24.9. The Morgan fingerprint density at radius 1 is 1.09 bits per heavy atom. The normalized spacial score (nSPS) is 20.7. The molecule has 0 aliphatic carbocycles. The summed E-state index contributed by atoms with van der Waals surface area (Å²) >= 11 is 0. The molecule has 3 aromatic rings. The van der Waals surface area contributed by atoms with E-state index in [2.05, 4.69) is 55.9 Å². The van der Waals surface area contributed by atoms with Gasteiger partial charge in [0.25, 0.3) is 0 Å². The van der Waals surface area contributed by atoms with Crippen LogP contribution in [0, 0.1) is 6.92 Å². The molecule has 1 unspecified atom stereocenters. The minimum absolute atomic E-state index is 0.273. The van der Waals surface area contributed by atoms with Gasteiger partial charge >= 0.3 is 0 Å². The largest absolute Gasteiger partial charge is 0.385 e. The summed E-state index contributed by atoms with van der Waals surface area (Å²) in [5.41, 5.74) is 4.63. The SMILES string of the molecule is COCC[Si](C)(C)C.Cc1ncc(-c2c[nH]c3nccc(N4CCCC5(CCCCN5)C4)c23)cn1. The molecule has 1 spiro atoms. The second-order valence-electron chi connectivity index (χ2n) is 11.3. The number of nitrogens with one attached hydrogen (secondary N) is 2. The fourth-order valence-electron chi connectivity index (χ4n) is 5.19. The number of fused-ring (bicyclic) bond motifs is 1. The quantitative estimate of drug-likeness (QED) is 0.462. The number of aryl methyl sites for hydroxylation is 1. The van der Waals surface area contributed by atoms with Crippen LogP contribution < -0.4 is 10.2 Å². The van der Waals surface area contributed by atoms with Crippen LogP contribution in [-0.4, -0.2) is 66.9 Å². The summed E-state index contributed by atoms with van der Waals surface area (Å²) in [4.78, 5) is 19.2. The number of methoxy groups -OCH3 is 1. The number of anilines is 1. The Balaban J connectivity index is 0.000000314. The minimum atomic E-state index is -0.803. The molecule has 0 aromatic carbocycles. The Morgan fingerprint density at radius 2 is 1.86 bits per heavy atom. The van der Waals surface area contributed by atoms with E-state index in [1.807, 2.05) is 31.7 Å². The summed E-state index contributed by atoms with van der Waals surface area (Å²) in [5.74, 6) is 0.790. The maximum absolute atomic E-state index is 4.95. The molecule has 2 aliphatic heterocycles. The molecule has 190 valence electrons. The number of aromatic nitrogens is 4. The predicted octanol–water partition coefficient (Wildman–Crippen LogP) is 5.41. The molecule has 5 rings (SSSR count). The van der Waals surface area contributed by atoms with Crippen LogP contribution >= 0.6 is 0 Å². The predicted molar refractivity (Wildman–Crippen MR) is 148 cm³/mol. The van der Waals surface area contributed by atoms with Gasteiger partial charge in [-0.2, -0.15) is 0 Å². The van der Waals surface area contributed by atoms with Crippen LogP contribution in [0.15, 0.2) is 30.9 Å². The van der Waals surface area contributed by atoms with Crippen LogP contribution in [-0.2, 0) is 4.74 Å². The molecule has 1 atom stereocenters. The van der Waals surface area contributed by atoms with Crippen molar-refractivity contribution >= 4 is 24.8 Å². The zero-order valence-corrected chi connectivity index (χ0v) is 23.2. The summed E-state index contributed by atoms with van der Waals surface area (Å²) < 4.78 is 4.95. The average Bonchev–Trinajstić information content (AvgIpc) is 3.28. The first-order valence-electron chi connectivity index (χ1n) is 13.0. The number of pyridine rings is 1. The van der Waals surface area contributed by atoms with E-state index in [4.69, 9.17) is 4.74 Å². The third-order valence-corrected chi connectivity index (χ3v) is 8.90. The van der Waals surface area contributed by atoms with Crippen LogP contribution in [0.1, 0.15) is 37.9 Å². The molecule has 8 heteroatoms. The van der Waals surface area contributed by atoms with Gasteiger partial charge in [0.15, 0.2) is 0 Å². The van der Waals surface area contributed by atoms with E-state index in [0.717, 1.165) is 48.8 Å². The van der Waals surface area contributed by atoms with Gasteiger partial charge in [-0.15, -0.1) is 0 Å². The molecule has 0 amide bonds. The van der Waals surface area contributed by atoms with Gasteiger partial charge in [0.1, 0.15) is 11.5 Å². The molecule has 2 saturated heterocycles. The number of ether oxygens (including phenoxy) is 1. The highest BCUT2D eigenvalue weighted by Crippen LogP contribution is 2.38. The summed E-state index contributed by atoms with van der Waals surface area (Å²) in [5, 5.41) is 5.02. The number of hydrogen-bond donors (Lipinski definition) is 2. The number of aromatic amines is 1. The fraction of sp³-hybridized carbons (Fsp3) is 0.593. The van der Waals surface area contributed by atoms with Gasteiger partial charge in [0.05, 0.1) is 5.39 Å². The van der Waals surface area contributed by atoms with Crippen molar-refractivity contribution in [1.82, 2.24) is 25.3 Å². The van der Waals surface area contributed by atoms with E-state index in [0.29, 0.717) is 0 Å². The Bertz CT molecular complexity index is 1080. The van der Waals surface area contributed by atoms with E-state index < -0.39 is 8.07 Å². The topological polar surface area (TPSA) is 79.0 Å². The Labute approximate surface area is 211 Å². The van der Waals surface area contributed by atoms with Gasteiger partial charge in [0, 0.05) is 82.0 Å². The second kappa shape index (κ2) is 11.2. The van der Waals surface area contributed by atoms with Crippen LogP contribution in [0.5, 0.6) is 0 Å². The standard InChI is InChI=1S/C21H26N6.C6H16OSi/c1-15-23-11-16(12-24-15)17-13-25-20-19(17)18(5-9-22-20)27-10-4-7-21(14-27)6-2-3-8-26-21;1-7-5-6-8(2,3)4/h5,9,11-13,26H,2-4,6-8,10,14H2,1H3,(H,22,25);5-6H2,1-4H3. The van der Waals surface area contributed by atoms with Crippen molar-refractivity contribution in [3.63, 3.8) is 0 Å². The van der Waals surface area contributed by atoms with Crippen LogP contribution in [0.2, 0.25) is 25.7 Å². The first-order valence-corrected chi connectivity index (χ1v) is 16.7. The van der Waals surface area contributed by atoms with Gasteiger partial charge in [-0.05, 0) is 51.3 Å². The van der Waals surface area contributed by atoms with Gasteiger partial charge in [-0.1, -0.05) is 26.1 Å². The summed E-state index contributed by atoms with van der Waals surface area (Å²) in [6.07, 6.45) is 14.2. The Kier molecular flexibility index (Phi) is 8.24. The molecule has 5 heterocycles. The molecular weight excluding hydrogens is 452 g/mol. The maximum Gasteiger partial charge on any atom is 0.139 e. The molecule has 35 heavy (non-hydrogen) atoms. The number of hydrogen-bond acceptors (Lipinski definition) is 6. The first kappa shape index (κ1) is 25.8. The van der Waals surface area contributed by atoms with Gasteiger partial charge in [-0.3, -0.25) is 0 Å². The Hall–Kier alpha value is -2.29. The lowest BCUT2D eigenvalue weighted by atomic mass is 9.81. The van der Waals surface area contributed by atoms with Crippen molar-refractivity contribution in [2.75, 3.05) is 38.3 Å². The smallest absolute Gasteiger partial charge is 0.139 e. The molecule has 2 N–H and O–H groups in total. The van der Waals surface area contributed by atoms with E-state index in [9.17, 15) is 0 Å². The van der Waals surface area contributed by atoms with Crippen molar-refractivity contribution in [3.05, 3.63) is 36.7 Å². The molecule has 2 fully saturated rings. The van der Waals surface area contributed by atoms with Gasteiger partial charge in [-0.25, -0.2) is 15.0 Å². The summed E-state index contributed by atoms with van der Waals surface area (Å²) in [6.45, 7) is 13.2. The number of piperidine rings is 2. The summed E-state index contributed by atoms with van der Waals surface area (Å²) in [7, 11) is 0.961. The molecule has 2 aliphatic rings. The fourth-order valence-corrected chi connectivity index (χ4v) is 6.00. The van der Waals surface area contributed by atoms with E-state index in [-0.39, 0.29) is 5.54 Å². The first-order chi connectivity index (χ1) is 16.8. The van der Waals surface area contributed by atoms with Crippen LogP contribution in [0.25, 0.3) is 22.2 Å². The third kappa shape index (κ3) is 6.48. The van der Waals surface area contributed by atoms with Crippen molar-refractivity contribution in [3.8, 4) is 11.1 Å². The molecule has 0 radical (unpaired) electrons. The molecule has 3 aromatic heterocycles. The molecule has 7 nitrogen and oxygen atoms in total. The van der Waals surface area contributed by atoms with Gasteiger partial charge in [0.2, 0.25) is 0 Å². The number of rotatable bonds is 5.